The van der Waals surface area contributed by atoms with Gasteiger partial charge in [0.15, 0.2) is 5.71 Å². The van der Waals surface area contributed by atoms with Crippen LogP contribution in [0.5, 0.6) is 0 Å². The number of rotatable bonds is 3. The van der Waals surface area contributed by atoms with Crippen LogP contribution in [0.1, 0.15) is 32.6 Å². The minimum Gasteiger partial charge on any atom is -0.374 e. The summed E-state index contributed by atoms with van der Waals surface area (Å²) in [5.74, 6) is -0.756. The molecule has 1 saturated heterocycles. The van der Waals surface area contributed by atoms with E-state index in [0.29, 0.717) is 30.7 Å². The van der Waals surface area contributed by atoms with Gasteiger partial charge in [0.1, 0.15) is 0 Å². The van der Waals surface area contributed by atoms with E-state index >= 15 is 0 Å². The third kappa shape index (κ3) is 3.28. The van der Waals surface area contributed by atoms with Crippen LogP contribution in [0.3, 0.4) is 0 Å². The predicted molar refractivity (Wildman–Crippen MR) is 103 cm³/mol. The summed E-state index contributed by atoms with van der Waals surface area (Å²) in [6, 6.07) is 7.18. The third-order valence-electron chi connectivity index (χ3n) is 4.94. The van der Waals surface area contributed by atoms with Crippen molar-refractivity contribution in [2.75, 3.05) is 18.1 Å². The topological polar surface area (TPSA) is 48.8 Å². The predicted octanol–water partition coefficient (Wildman–Crippen LogP) is 4.71. The number of hydrazone groups is 1. The summed E-state index contributed by atoms with van der Waals surface area (Å²) in [6.07, 6.45) is -1.51. The minimum absolute atomic E-state index is 0.150. The molecule has 4 rings (SSSR count). The van der Waals surface area contributed by atoms with Crippen LogP contribution in [0, 0.1) is 0 Å². The van der Waals surface area contributed by atoms with Gasteiger partial charge in [-0.05, 0) is 37.8 Å². The maximum absolute atomic E-state index is 13.8. The Morgan fingerprint density at radius 1 is 1.18 bits per heavy atom. The number of nitrogens with zero attached hydrogens (tertiary/aromatic N) is 4. The lowest BCUT2D eigenvalue weighted by Gasteiger charge is -2.32. The number of thiazole rings is 1. The Morgan fingerprint density at radius 3 is 2.54 bits per heavy atom. The molecule has 0 spiro atoms. The lowest BCUT2D eigenvalue weighted by Crippen LogP contribution is -2.35. The molecule has 9 heteroatoms. The van der Waals surface area contributed by atoms with Crippen LogP contribution in [0.15, 0.2) is 40.6 Å². The molecule has 5 nitrogen and oxygen atoms in total. The number of fused-ring (bicyclic) bond motifs is 1. The number of aromatic nitrogens is 1. The number of likely N-dealkylation sites (tertiary alicyclic amines) is 1. The molecule has 0 unspecified atom stereocenters. The molecule has 1 fully saturated rings. The van der Waals surface area contributed by atoms with Crippen molar-refractivity contribution in [1.82, 2.24) is 9.88 Å². The summed E-state index contributed by atoms with van der Waals surface area (Å²) in [4.78, 5) is 19.3. The van der Waals surface area contributed by atoms with Crippen molar-refractivity contribution < 1.29 is 18.0 Å². The first-order valence-electron chi connectivity index (χ1n) is 9.24. The fourth-order valence-electron chi connectivity index (χ4n) is 3.66. The highest BCUT2D eigenvalue weighted by molar-refractivity contribution is 7.22. The van der Waals surface area contributed by atoms with Crippen molar-refractivity contribution in [1.29, 1.82) is 0 Å². The van der Waals surface area contributed by atoms with Gasteiger partial charge in [-0.15, -0.1) is 0 Å². The van der Waals surface area contributed by atoms with Crippen LogP contribution in [-0.4, -0.2) is 40.8 Å². The highest BCUT2D eigenvalue weighted by Gasteiger charge is 2.49. The number of benzene rings is 1. The number of hydrogen-bond acceptors (Lipinski definition) is 5. The van der Waals surface area contributed by atoms with Gasteiger partial charge in [-0.3, -0.25) is 4.79 Å². The molecule has 0 saturated carbocycles. The van der Waals surface area contributed by atoms with E-state index in [1.807, 2.05) is 17.0 Å². The number of para-hydroxylation sites is 1. The van der Waals surface area contributed by atoms with Gasteiger partial charge in [-0.2, -0.15) is 23.3 Å². The Hall–Kier alpha value is -2.42. The summed E-state index contributed by atoms with van der Waals surface area (Å²) in [5, 5.41) is 4.65. The molecule has 1 aromatic heterocycles. The van der Waals surface area contributed by atoms with Gasteiger partial charge < -0.3 is 4.90 Å². The van der Waals surface area contributed by atoms with Crippen molar-refractivity contribution in [2.24, 2.45) is 5.10 Å². The Labute approximate surface area is 164 Å². The van der Waals surface area contributed by atoms with Crippen molar-refractivity contribution in [3.8, 4) is 0 Å². The highest BCUT2D eigenvalue weighted by Crippen LogP contribution is 2.37. The van der Waals surface area contributed by atoms with E-state index in [1.54, 1.807) is 19.1 Å². The second kappa shape index (κ2) is 7.20. The Balaban J connectivity index is 1.81. The number of allylic oxidation sites excluding steroid dienone is 1. The molecule has 1 amide bonds. The van der Waals surface area contributed by atoms with Gasteiger partial charge in [0, 0.05) is 18.8 Å². The van der Waals surface area contributed by atoms with E-state index in [-0.39, 0.29) is 10.7 Å². The van der Waals surface area contributed by atoms with Gasteiger partial charge in [-0.1, -0.05) is 30.4 Å². The molecule has 0 N–H and O–H groups in total. The first-order valence-corrected chi connectivity index (χ1v) is 10.1. The number of hydrogen-bond donors (Lipinski definition) is 0. The first kappa shape index (κ1) is 18.9. The van der Waals surface area contributed by atoms with E-state index in [9.17, 15) is 18.0 Å². The van der Waals surface area contributed by atoms with Crippen LogP contribution in [0.2, 0.25) is 0 Å². The molecule has 0 radical (unpaired) electrons. The molecule has 0 aliphatic carbocycles. The maximum Gasteiger partial charge on any atom is 0.436 e. The van der Waals surface area contributed by atoms with E-state index in [0.717, 1.165) is 40.3 Å². The SMILES string of the molecule is CCC(=C1C(=O)N(c2nc3ccccc3s2)N=C1C(F)(F)F)N1CCCCC1. The summed E-state index contributed by atoms with van der Waals surface area (Å²) in [5.41, 5.74) is -0.414. The molecule has 2 aromatic rings. The number of carbonyl (C=O) groups is 1. The lowest BCUT2D eigenvalue weighted by atomic mass is 10.0. The van der Waals surface area contributed by atoms with Crippen LogP contribution < -0.4 is 5.01 Å². The summed E-state index contributed by atoms with van der Waals surface area (Å²) in [6.45, 7) is 3.09. The Bertz CT molecular complexity index is 940. The van der Waals surface area contributed by atoms with E-state index in [1.165, 1.54) is 0 Å². The standard InChI is InChI=1S/C19H19F3N4OS/c1-2-13(25-10-6-3-7-11-25)15-16(19(20,21)22)24-26(17(15)27)18-23-12-8-4-5-9-14(12)28-18/h4-5,8-9H,2-3,6-7,10-11H2,1H3. The van der Waals surface area contributed by atoms with E-state index in [2.05, 4.69) is 10.1 Å². The van der Waals surface area contributed by atoms with E-state index in [4.69, 9.17) is 0 Å². The lowest BCUT2D eigenvalue weighted by molar-refractivity contribution is -0.114. The van der Waals surface area contributed by atoms with Crippen LogP contribution >= 0.6 is 11.3 Å². The molecule has 148 valence electrons. The van der Waals surface area contributed by atoms with Crippen molar-refractivity contribution in [3.63, 3.8) is 0 Å². The monoisotopic (exact) mass is 408 g/mol. The smallest absolute Gasteiger partial charge is 0.374 e. The van der Waals surface area contributed by atoms with Gasteiger partial charge >= 0.3 is 6.18 Å². The molecule has 0 atom stereocenters. The number of halogens is 3. The van der Waals surface area contributed by atoms with E-state index < -0.39 is 17.8 Å². The molecule has 1 aromatic carbocycles. The fraction of sp³-hybridized carbons (Fsp3) is 0.421. The molecular weight excluding hydrogens is 389 g/mol. The number of piperidine rings is 1. The van der Waals surface area contributed by atoms with Gasteiger partial charge in [0.05, 0.1) is 15.8 Å². The average Bonchev–Trinajstić information content (AvgIpc) is 3.25. The summed E-state index contributed by atoms with van der Waals surface area (Å²) in [7, 11) is 0. The van der Waals surface area contributed by atoms with Crippen LogP contribution in [-0.2, 0) is 4.79 Å². The largest absolute Gasteiger partial charge is 0.436 e. The zero-order valence-electron chi connectivity index (χ0n) is 15.3. The molecule has 0 bridgehead atoms. The normalized spacial score (nSPS) is 20.1. The molecule has 2 aliphatic heterocycles. The first-order chi connectivity index (χ1) is 13.4. The van der Waals surface area contributed by atoms with Crippen LogP contribution in [0.25, 0.3) is 10.2 Å². The zero-order valence-corrected chi connectivity index (χ0v) is 16.1. The minimum atomic E-state index is -4.72. The van der Waals surface area contributed by atoms with Gasteiger partial charge in [0.2, 0.25) is 5.13 Å². The molecule has 3 heterocycles. The van der Waals surface area contributed by atoms with Crippen LogP contribution in [0.4, 0.5) is 18.3 Å². The molecular formula is C19H19F3N4OS. The second-order valence-electron chi connectivity index (χ2n) is 6.75. The molecule has 28 heavy (non-hydrogen) atoms. The summed E-state index contributed by atoms with van der Waals surface area (Å²) < 4.78 is 42.1. The van der Waals surface area contributed by atoms with Crippen molar-refractivity contribution in [2.45, 2.75) is 38.8 Å². The quantitative estimate of drug-likeness (QED) is 0.691. The third-order valence-corrected chi connectivity index (χ3v) is 5.95. The van der Waals surface area contributed by atoms with Crippen molar-refractivity contribution >= 4 is 38.3 Å². The zero-order chi connectivity index (χ0) is 19.9. The maximum atomic E-state index is 13.8. The van der Waals surface area contributed by atoms with Crippen molar-refractivity contribution in [3.05, 3.63) is 35.5 Å². The number of carbonyl (C=O) groups excluding carboxylic acids is 1. The number of alkyl halides is 3. The number of anilines is 1. The fourth-order valence-corrected chi connectivity index (χ4v) is 4.58. The molecule has 2 aliphatic rings. The van der Waals surface area contributed by atoms with Gasteiger partial charge in [-0.25, -0.2) is 4.98 Å². The number of amides is 1. The van der Waals surface area contributed by atoms with Gasteiger partial charge in [0.25, 0.3) is 5.91 Å². The Morgan fingerprint density at radius 2 is 1.89 bits per heavy atom. The Kier molecular flexibility index (Phi) is 4.86. The highest BCUT2D eigenvalue weighted by atomic mass is 32.1. The second-order valence-corrected chi connectivity index (χ2v) is 7.76. The average molecular weight is 408 g/mol. The summed E-state index contributed by atoms with van der Waals surface area (Å²) >= 11 is 1.15.